The Hall–Kier alpha value is -1.93. The predicted molar refractivity (Wildman–Crippen MR) is 108 cm³/mol. The molecule has 1 N–H and O–H groups in total. The van der Waals surface area contributed by atoms with Crippen LogP contribution in [-0.4, -0.2) is 51.5 Å². The Morgan fingerprint density at radius 3 is 2.54 bits per heavy atom. The first-order valence-corrected chi connectivity index (χ1v) is 10.9. The minimum atomic E-state index is -3.78. The first-order chi connectivity index (χ1) is 13.4. The van der Waals surface area contributed by atoms with Crippen molar-refractivity contribution in [2.24, 2.45) is 0 Å². The molecule has 2 aromatic rings. The maximum Gasteiger partial charge on any atom is 0.251 e. The van der Waals surface area contributed by atoms with E-state index in [1.54, 1.807) is 0 Å². The van der Waals surface area contributed by atoms with E-state index in [4.69, 9.17) is 16.3 Å². The second-order valence-electron chi connectivity index (χ2n) is 6.68. The molecule has 1 aliphatic heterocycles. The summed E-state index contributed by atoms with van der Waals surface area (Å²) in [6, 6.07) is 14.2. The number of amides is 1. The lowest BCUT2D eigenvalue weighted by Gasteiger charge is -2.26. The van der Waals surface area contributed by atoms with E-state index < -0.39 is 10.0 Å². The van der Waals surface area contributed by atoms with Crippen LogP contribution in [0.25, 0.3) is 0 Å². The maximum atomic E-state index is 12.9. The standard InChI is InChI=1S/C20H23ClN2O4S/c1-15(16-5-3-2-4-6-16)14-22-20(24)17-7-8-18(21)19(13-17)28(25,26)23-9-11-27-12-10-23/h2-8,13,15H,9-12,14H2,1H3,(H,22,24)/t15-/m0/s1. The molecule has 1 amide bonds. The van der Waals surface area contributed by atoms with Crippen molar-refractivity contribution in [3.05, 3.63) is 64.7 Å². The van der Waals surface area contributed by atoms with Crippen molar-refractivity contribution >= 4 is 27.5 Å². The van der Waals surface area contributed by atoms with Gasteiger partial charge in [0.05, 0.1) is 18.2 Å². The summed E-state index contributed by atoms with van der Waals surface area (Å²) in [4.78, 5) is 12.5. The summed E-state index contributed by atoms with van der Waals surface area (Å²) in [5.41, 5.74) is 1.38. The van der Waals surface area contributed by atoms with E-state index in [1.165, 1.54) is 22.5 Å². The molecule has 0 unspecified atom stereocenters. The van der Waals surface area contributed by atoms with E-state index in [-0.39, 0.29) is 40.4 Å². The van der Waals surface area contributed by atoms with Crippen molar-refractivity contribution in [2.45, 2.75) is 17.7 Å². The highest BCUT2D eigenvalue weighted by Gasteiger charge is 2.29. The molecule has 1 saturated heterocycles. The third-order valence-corrected chi connectivity index (χ3v) is 7.10. The Kier molecular flexibility index (Phi) is 6.72. The van der Waals surface area contributed by atoms with Gasteiger partial charge in [-0.15, -0.1) is 0 Å². The summed E-state index contributed by atoms with van der Waals surface area (Å²) in [5.74, 6) is -0.202. The molecule has 1 aliphatic rings. The smallest absolute Gasteiger partial charge is 0.251 e. The van der Waals surface area contributed by atoms with Crippen LogP contribution >= 0.6 is 11.6 Å². The van der Waals surface area contributed by atoms with Crippen LogP contribution in [0.3, 0.4) is 0 Å². The molecule has 8 heteroatoms. The van der Waals surface area contributed by atoms with Crippen LogP contribution in [0.5, 0.6) is 0 Å². The molecule has 1 atom stereocenters. The van der Waals surface area contributed by atoms with Gasteiger partial charge in [-0.3, -0.25) is 4.79 Å². The number of hydrogen-bond donors (Lipinski definition) is 1. The number of nitrogens with one attached hydrogen (secondary N) is 1. The largest absolute Gasteiger partial charge is 0.379 e. The van der Waals surface area contributed by atoms with Crippen molar-refractivity contribution < 1.29 is 17.9 Å². The molecule has 6 nitrogen and oxygen atoms in total. The lowest BCUT2D eigenvalue weighted by molar-refractivity contribution is 0.0730. The number of benzene rings is 2. The zero-order chi connectivity index (χ0) is 20.1. The quantitative estimate of drug-likeness (QED) is 0.776. The third-order valence-electron chi connectivity index (χ3n) is 4.72. The van der Waals surface area contributed by atoms with Gasteiger partial charge in [-0.05, 0) is 29.7 Å². The maximum absolute atomic E-state index is 12.9. The fraction of sp³-hybridized carbons (Fsp3) is 0.350. The Labute approximate surface area is 170 Å². The Bertz CT molecular complexity index is 928. The van der Waals surface area contributed by atoms with Crippen molar-refractivity contribution in [1.29, 1.82) is 0 Å². The monoisotopic (exact) mass is 422 g/mol. The first kappa shape index (κ1) is 20.8. The summed E-state index contributed by atoms with van der Waals surface area (Å²) in [5, 5.41) is 2.96. The number of sulfonamides is 1. The number of halogens is 1. The molecule has 0 saturated carbocycles. The Morgan fingerprint density at radius 1 is 1.18 bits per heavy atom. The van der Waals surface area contributed by atoms with Crippen LogP contribution < -0.4 is 5.32 Å². The number of carbonyl (C=O) groups is 1. The summed E-state index contributed by atoms with van der Waals surface area (Å²) in [7, 11) is -3.78. The van der Waals surface area contributed by atoms with Gasteiger partial charge >= 0.3 is 0 Å². The zero-order valence-electron chi connectivity index (χ0n) is 15.6. The highest BCUT2D eigenvalue weighted by molar-refractivity contribution is 7.89. The number of carbonyl (C=O) groups excluding carboxylic acids is 1. The van der Waals surface area contributed by atoms with Crippen LogP contribution in [0.2, 0.25) is 5.02 Å². The van der Waals surface area contributed by atoms with E-state index >= 15 is 0 Å². The van der Waals surface area contributed by atoms with E-state index in [2.05, 4.69) is 5.32 Å². The lowest BCUT2D eigenvalue weighted by Crippen LogP contribution is -2.40. The van der Waals surface area contributed by atoms with E-state index in [1.807, 2.05) is 37.3 Å². The molecule has 0 aromatic heterocycles. The van der Waals surface area contributed by atoms with E-state index in [9.17, 15) is 13.2 Å². The average molecular weight is 423 g/mol. The van der Waals surface area contributed by atoms with Gasteiger partial charge in [0.1, 0.15) is 4.90 Å². The molecule has 0 aliphatic carbocycles. The average Bonchev–Trinajstić information content (AvgIpc) is 2.73. The Morgan fingerprint density at radius 2 is 1.86 bits per heavy atom. The molecule has 150 valence electrons. The van der Waals surface area contributed by atoms with Crippen LogP contribution in [0, 0.1) is 0 Å². The van der Waals surface area contributed by atoms with Gasteiger partial charge < -0.3 is 10.1 Å². The predicted octanol–water partition coefficient (Wildman–Crippen LogP) is 2.89. The van der Waals surface area contributed by atoms with Crippen LogP contribution in [-0.2, 0) is 14.8 Å². The summed E-state index contributed by atoms with van der Waals surface area (Å²) in [6.45, 7) is 3.68. The summed E-state index contributed by atoms with van der Waals surface area (Å²) < 4.78 is 32.3. The molecule has 3 rings (SSSR count). The van der Waals surface area contributed by atoms with Crippen LogP contribution in [0.15, 0.2) is 53.4 Å². The second-order valence-corrected chi connectivity index (χ2v) is 9.00. The summed E-state index contributed by atoms with van der Waals surface area (Å²) >= 11 is 6.14. The SMILES string of the molecule is C[C@@H](CNC(=O)c1ccc(Cl)c(S(=O)(=O)N2CCOCC2)c1)c1ccccc1. The number of ether oxygens (including phenoxy) is 1. The van der Waals surface area contributed by atoms with E-state index in [0.29, 0.717) is 19.8 Å². The fourth-order valence-corrected chi connectivity index (χ4v) is 4.92. The first-order valence-electron chi connectivity index (χ1n) is 9.10. The molecule has 0 bridgehead atoms. The Balaban J connectivity index is 1.74. The van der Waals surface area contributed by atoms with Gasteiger partial charge in [-0.25, -0.2) is 8.42 Å². The normalized spacial score (nSPS) is 16.5. The highest BCUT2D eigenvalue weighted by Crippen LogP contribution is 2.26. The van der Waals surface area contributed by atoms with Crippen LogP contribution in [0.4, 0.5) is 0 Å². The van der Waals surface area contributed by atoms with Crippen molar-refractivity contribution in [1.82, 2.24) is 9.62 Å². The molecular weight excluding hydrogens is 400 g/mol. The van der Waals surface area contributed by atoms with Crippen molar-refractivity contribution in [3.8, 4) is 0 Å². The number of rotatable bonds is 6. The van der Waals surface area contributed by atoms with Crippen molar-refractivity contribution in [3.63, 3.8) is 0 Å². The number of hydrogen-bond acceptors (Lipinski definition) is 4. The lowest BCUT2D eigenvalue weighted by atomic mass is 10.0. The minimum absolute atomic E-state index is 0.0557. The molecule has 1 heterocycles. The topological polar surface area (TPSA) is 75.7 Å². The van der Waals surface area contributed by atoms with Crippen LogP contribution in [0.1, 0.15) is 28.8 Å². The fourth-order valence-electron chi connectivity index (χ4n) is 3.02. The van der Waals surface area contributed by atoms with Gasteiger partial charge in [-0.2, -0.15) is 4.31 Å². The third kappa shape index (κ3) is 4.72. The zero-order valence-corrected chi connectivity index (χ0v) is 17.2. The van der Waals surface area contributed by atoms with Gasteiger partial charge in [0.2, 0.25) is 10.0 Å². The second kappa shape index (κ2) is 9.05. The molecule has 1 fully saturated rings. The molecule has 0 radical (unpaired) electrons. The van der Waals surface area contributed by atoms with Gasteiger partial charge in [0.15, 0.2) is 0 Å². The molecule has 2 aromatic carbocycles. The number of nitrogens with zero attached hydrogens (tertiary/aromatic N) is 1. The van der Waals surface area contributed by atoms with Gasteiger partial charge in [0, 0.05) is 25.2 Å². The highest BCUT2D eigenvalue weighted by atomic mass is 35.5. The van der Waals surface area contributed by atoms with Gasteiger partial charge in [0.25, 0.3) is 5.91 Å². The summed E-state index contributed by atoms with van der Waals surface area (Å²) in [6.07, 6.45) is 0. The molecule has 0 spiro atoms. The molecule has 28 heavy (non-hydrogen) atoms. The molecular formula is C20H23ClN2O4S. The van der Waals surface area contributed by atoms with E-state index in [0.717, 1.165) is 5.56 Å². The number of morpholine rings is 1. The van der Waals surface area contributed by atoms with Crippen molar-refractivity contribution in [2.75, 3.05) is 32.8 Å². The minimum Gasteiger partial charge on any atom is -0.379 e. The van der Waals surface area contributed by atoms with Gasteiger partial charge in [-0.1, -0.05) is 48.9 Å².